The average Bonchev–Trinajstić information content (AvgIpc) is 3.06. The Hall–Kier alpha value is -3.74. The fourth-order valence-electron chi connectivity index (χ4n) is 2.54. The second-order valence-corrected chi connectivity index (χ2v) is 5.35. The van der Waals surface area contributed by atoms with Gasteiger partial charge in [-0.3, -0.25) is 4.40 Å². The summed E-state index contributed by atoms with van der Waals surface area (Å²) < 4.78 is 1.94. The first-order valence-electron chi connectivity index (χ1n) is 7.56. The maximum Gasteiger partial charge on any atom is 0.335 e. The molecule has 3 heterocycles. The molecule has 0 bridgehead atoms. The molecular weight excluding hydrogens is 318 g/mol. The number of pyridine rings is 1. The molecule has 0 saturated carbocycles. The van der Waals surface area contributed by atoms with E-state index in [0.29, 0.717) is 17.3 Å². The zero-order valence-corrected chi connectivity index (χ0v) is 13.0. The number of nitrogens with one attached hydrogen (secondary N) is 1. The lowest BCUT2D eigenvalue weighted by molar-refractivity contribution is 0.0697. The van der Waals surface area contributed by atoms with Gasteiger partial charge in [0, 0.05) is 18.1 Å². The maximum atomic E-state index is 11.1. The van der Waals surface area contributed by atoms with Crippen LogP contribution in [0.25, 0.3) is 17.0 Å². The third-order valence-electron chi connectivity index (χ3n) is 3.70. The van der Waals surface area contributed by atoms with Crippen molar-refractivity contribution in [1.82, 2.24) is 19.4 Å². The number of anilines is 2. The summed E-state index contributed by atoms with van der Waals surface area (Å²) in [6.45, 7) is 0. The van der Waals surface area contributed by atoms with E-state index in [0.717, 1.165) is 11.3 Å². The van der Waals surface area contributed by atoms with E-state index in [1.165, 1.54) is 12.1 Å². The standard InChI is InChI=1S/C18H13N5O2/c24-17(25)12-4-3-5-13(10-12)21-18-19-8-7-14(22-18)15-11-20-16-6-1-2-9-23(15)16/h1-11H,(H,24,25)(H,19,21,22). The lowest BCUT2D eigenvalue weighted by Gasteiger charge is -2.07. The number of carboxylic acids is 1. The highest BCUT2D eigenvalue weighted by Gasteiger charge is 2.09. The van der Waals surface area contributed by atoms with Crippen molar-refractivity contribution in [3.05, 3.63) is 72.7 Å². The molecule has 0 aliphatic heterocycles. The van der Waals surface area contributed by atoms with Crippen LogP contribution >= 0.6 is 0 Å². The molecule has 4 rings (SSSR count). The van der Waals surface area contributed by atoms with E-state index in [-0.39, 0.29) is 5.56 Å². The van der Waals surface area contributed by atoms with Crippen LogP contribution in [-0.4, -0.2) is 30.4 Å². The summed E-state index contributed by atoms with van der Waals surface area (Å²) in [4.78, 5) is 24.1. The Morgan fingerprint density at radius 2 is 2.00 bits per heavy atom. The molecule has 7 heteroatoms. The van der Waals surface area contributed by atoms with Crippen LogP contribution in [0.15, 0.2) is 67.1 Å². The van der Waals surface area contributed by atoms with Crippen LogP contribution in [0.2, 0.25) is 0 Å². The van der Waals surface area contributed by atoms with Gasteiger partial charge in [-0.1, -0.05) is 12.1 Å². The third kappa shape index (κ3) is 2.90. The lowest BCUT2D eigenvalue weighted by Crippen LogP contribution is -2.01. The summed E-state index contributed by atoms with van der Waals surface area (Å²) in [7, 11) is 0. The molecule has 7 nitrogen and oxygen atoms in total. The summed E-state index contributed by atoms with van der Waals surface area (Å²) >= 11 is 0. The average molecular weight is 331 g/mol. The normalized spacial score (nSPS) is 10.7. The summed E-state index contributed by atoms with van der Waals surface area (Å²) in [5.41, 5.74) is 3.20. The van der Waals surface area contributed by atoms with E-state index in [9.17, 15) is 4.79 Å². The van der Waals surface area contributed by atoms with Crippen molar-refractivity contribution in [3.8, 4) is 11.4 Å². The number of carboxylic acid groups (broad SMARTS) is 1. The van der Waals surface area contributed by atoms with Gasteiger partial charge in [0.1, 0.15) is 5.65 Å². The van der Waals surface area contributed by atoms with Gasteiger partial charge in [0.05, 0.1) is 23.1 Å². The van der Waals surface area contributed by atoms with Crippen molar-refractivity contribution in [2.75, 3.05) is 5.32 Å². The first kappa shape index (κ1) is 14.8. The topological polar surface area (TPSA) is 92.4 Å². The Morgan fingerprint density at radius 1 is 1.08 bits per heavy atom. The molecule has 3 aromatic heterocycles. The van der Waals surface area contributed by atoms with Gasteiger partial charge in [-0.25, -0.2) is 19.7 Å². The number of rotatable bonds is 4. The first-order chi connectivity index (χ1) is 12.2. The van der Waals surface area contributed by atoms with Gasteiger partial charge in [0.25, 0.3) is 0 Å². The van der Waals surface area contributed by atoms with E-state index >= 15 is 0 Å². The number of aromatic carboxylic acids is 1. The van der Waals surface area contributed by atoms with Crippen LogP contribution in [0.5, 0.6) is 0 Å². The molecule has 0 spiro atoms. The van der Waals surface area contributed by atoms with Crippen molar-refractivity contribution in [3.63, 3.8) is 0 Å². The Kier molecular flexibility index (Phi) is 3.59. The zero-order valence-electron chi connectivity index (χ0n) is 13.0. The number of hydrogen-bond acceptors (Lipinski definition) is 5. The lowest BCUT2D eigenvalue weighted by atomic mass is 10.2. The molecule has 4 aromatic rings. The highest BCUT2D eigenvalue weighted by molar-refractivity contribution is 5.89. The van der Waals surface area contributed by atoms with E-state index in [1.54, 1.807) is 30.6 Å². The second-order valence-electron chi connectivity index (χ2n) is 5.35. The molecule has 0 fully saturated rings. The summed E-state index contributed by atoms with van der Waals surface area (Å²) in [6, 6.07) is 14.1. The van der Waals surface area contributed by atoms with Crippen LogP contribution in [-0.2, 0) is 0 Å². The number of imidazole rings is 1. The van der Waals surface area contributed by atoms with Crippen molar-refractivity contribution >= 4 is 23.3 Å². The minimum Gasteiger partial charge on any atom is -0.478 e. The molecule has 0 atom stereocenters. The minimum absolute atomic E-state index is 0.197. The summed E-state index contributed by atoms with van der Waals surface area (Å²) in [5, 5.41) is 12.1. The van der Waals surface area contributed by atoms with Gasteiger partial charge in [0.15, 0.2) is 0 Å². The minimum atomic E-state index is -0.982. The molecule has 1 aromatic carbocycles. The molecular formula is C18H13N5O2. The summed E-state index contributed by atoms with van der Waals surface area (Å²) in [5.74, 6) is -0.602. The fraction of sp³-hybridized carbons (Fsp3) is 0. The van der Waals surface area contributed by atoms with Crippen molar-refractivity contribution < 1.29 is 9.90 Å². The van der Waals surface area contributed by atoms with Gasteiger partial charge in [-0.05, 0) is 36.4 Å². The van der Waals surface area contributed by atoms with Crippen molar-refractivity contribution in [2.24, 2.45) is 0 Å². The van der Waals surface area contributed by atoms with Gasteiger partial charge < -0.3 is 10.4 Å². The van der Waals surface area contributed by atoms with E-state index < -0.39 is 5.97 Å². The Balaban J connectivity index is 1.68. The number of benzene rings is 1. The molecule has 0 aliphatic rings. The highest BCUT2D eigenvalue weighted by atomic mass is 16.4. The third-order valence-corrected chi connectivity index (χ3v) is 3.70. The number of carbonyl (C=O) groups is 1. The monoisotopic (exact) mass is 331 g/mol. The smallest absolute Gasteiger partial charge is 0.335 e. The van der Waals surface area contributed by atoms with Gasteiger partial charge in [0.2, 0.25) is 5.95 Å². The number of aromatic nitrogens is 4. The molecule has 2 N–H and O–H groups in total. The predicted octanol–water partition coefficient (Wildman–Crippen LogP) is 3.23. The zero-order chi connectivity index (χ0) is 17.2. The van der Waals surface area contributed by atoms with Gasteiger partial charge >= 0.3 is 5.97 Å². The van der Waals surface area contributed by atoms with Gasteiger partial charge in [-0.15, -0.1) is 0 Å². The van der Waals surface area contributed by atoms with Crippen LogP contribution in [0.1, 0.15) is 10.4 Å². The SMILES string of the molecule is O=C(O)c1cccc(Nc2nccc(-c3cnc4ccccn34)n2)c1. The quantitative estimate of drug-likeness (QED) is 0.596. The predicted molar refractivity (Wildman–Crippen MR) is 92.9 cm³/mol. The molecule has 122 valence electrons. The number of nitrogens with zero attached hydrogens (tertiary/aromatic N) is 4. The maximum absolute atomic E-state index is 11.1. The Labute approximate surface area is 142 Å². The number of hydrogen-bond donors (Lipinski definition) is 2. The highest BCUT2D eigenvalue weighted by Crippen LogP contribution is 2.21. The first-order valence-corrected chi connectivity index (χ1v) is 7.56. The fourth-order valence-corrected chi connectivity index (χ4v) is 2.54. The van der Waals surface area contributed by atoms with Crippen molar-refractivity contribution in [1.29, 1.82) is 0 Å². The van der Waals surface area contributed by atoms with Gasteiger partial charge in [-0.2, -0.15) is 0 Å². The van der Waals surface area contributed by atoms with Crippen LogP contribution in [0.4, 0.5) is 11.6 Å². The molecule has 0 aliphatic carbocycles. The molecule has 0 unspecified atom stereocenters. The van der Waals surface area contributed by atoms with Crippen LogP contribution in [0, 0.1) is 0 Å². The Morgan fingerprint density at radius 3 is 2.88 bits per heavy atom. The van der Waals surface area contributed by atoms with E-state index in [1.807, 2.05) is 28.8 Å². The Bertz CT molecular complexity index is 1070. The van der Waals surface area contributed by atoms with E-state index in [4.69, 9.17) is 5.11 Å². The van der Waals surface area contributed by atoms with Crippen LogP contribution in [0.3, 0.4) is 0 Å². The molecule has 0 saturated heterocycles. The summed E-state index contributed by atoms with van der Waals surface area (Å²) in [6.07, 6.45) is 5.32. The second kappa shape index (κ2) is 6.04. The largest absolute Gasteiger partial charge is 0.478 e. The molecule has 0 radical (unpaired) electrons. The molecule has 0 amide bonds. The molecule has 25 heavy (non-hydrogen) atoms. The number of fused-ring (bicyclic) bond motifs is 1. The van der Waals surface area contributed by atoms with E-state index in [2.05, 4.69) is 20.3 Å². The van der Waals surface area contributed by atoms with Crippen LogP contribution < -0.4 is 5.32 Å². The van der Waals surface area contributed by atoms with Crippen molar-refractivity contribution in [2.45, 2.75) is 0 Å².